The van der Waals surface area contributed by atoms with E-state index in [-0.39, 0.29) is 30.2 Å². The molecule has 3 saturated heterocycles. The minimum absolute atomic E-state index is 0.0297. The van der Waals surface area contributed by atoms with E-state index in [9.17, 15) is 19.5 Å². The molecule has 37 heavy (non-hydrogen) atoms. The van der Waals surface area contributed by atoms with Gasteiger partial charge >= 0.3 is 0 Å². The summed E-state index contributed by atoms with van der Waals surface area (Å²) < 4.78 is 6.87. The number of hydrogen-bond donors (Lipinski definition) is 1. The van der Waals surface area contributed by atoms with E-state index in [0.29, 0.717) is 38.9 Å². The van der Waals surface area contributed by atoms with Gasteiger partial charge in [0.2, 0.25) is 17.7 Å². The van der Waals surface area contributed by atoms with Crippen LogP contribution in [0.1, 0.15) is 66.2 Å². The maximum atomic E-state index is 14.4. The predicted octanol–water partition coefficient (Wildman–Crippen LogP) is 3.01. The van der Waals surface area contributed by atoms with Crippen LogP contribution in [0.2, 0.25) is 0 Å². The van der Waals surface area contributed by atoms with E-state index in [4.69, 9.17) is 4.74 Å². The van der Waals surface area contributed by atoms with Crippen LogP contribution in [0.5, 0.6) is 0 Å². The number of amides is 3. The van der Waals surface area contributed by atoms with E-state index in [1.54, 1.807) is 33.9 Å². The van der Waals surface area contributed by atoms with Crippen LogP contribution in [0.15, 0.2) is 25.3 Å². The van der Waals surface area contributed by atoms with Gasteiger partial charge in [-0.3, -0.25) is 14.4 Å². The van der Waals surface area contributed by atoms with E-state index < -0.39 is 35.1 Å². The zero-order valence-electron chi connectivity index (χ0n) is 23.4. The van der Waals surface area contributed by atoms with E-state index in [2.05, 4.69) is 20.1 Å². The maximum absolute atomic E-state index is 14.4. The van der Waals surface area contributed by atoms with Crippen molar-refractivity contribution < 1.29 is 24.2 Å². The topological polar surface area (TPSA) is 90.4 Å². The quantitative estimate of drug-likeness (QED) is 0.358. The van der Waals surface area contributed by atoms with Gasteiger partial charge in [-0.2, -0.15) is 0 Å². The fourth-order valence-corrected chi connectivity index (χ4v) is 6.97. The highest BCUT2D eigenvalue weighted by atomic mass is 16.5. The van der Waals surface area contributed by atoms with Crippen molar-refractivity contribution >= 4 is 17.7 Å². The second-order valence-electron chi connectivity index (χ2n) is 11.1. The molecule has 7 atom stereocenters. The largest absolute Gasteiger partial charge is 0.394 e. The molecule has 3 aliphatic rings. The lowest BCUT2D eigenvalue weighted by molar-refractivity contribution is -0.158. The van der Waals surface area contributed by atoms with Crippen molar-refractivity contribution in [1.29, 1.82) is 0 Å². The van der Waals surface area contributed by atoms with Gasteiger partial charge in [-0.05, 0) is 31.6 Å². The second-order valence-corrected chi connectivity index (χ2v) is 11.1. The Morgan fingerprint density at radius 3 is 2.41 bits per heavy atom. The van der Waals surface area contributed by atoms with Crippen molar-refractivity contribution in [3.8, 4) is 0 Å². The van der Waals surface area contributed by atoms with Crippen LogP contribution in [0.25, 0.3) is 0 Å². The number of likely N-dealkylation sites (tertiary alicyclic amines) is 1. The van der Waals surface area contributed by atoms with Gasteiger partial charge in [-0.1, -0.05) is 52.7 Å². The fourth-order valence-electron chi connectivity index (χ4n) is 6.97. The van der Waals surface area contributed by atoms with Gasteiger partial charge in [0.05, 0.1) is 30.1 Å². The summed E-state index contributed by atoms with van der Waals surface area (Å²) in [5.41, 5.74) is -1.87. The number of nitrogens with zero attached hydrogens (tertiary/aromatic N) is 3. The number of rotatable bonds is 14. The molecule has 208 valence electrons. The van der Waals surface area contributed by atoms with Crippen molar-refractivity contribution in [2.24, 2.45) is 17.8 Å². The first-order chi connectivity index (χ1) is 17.6. The highest BCUT2D eigenvalue weighted by molar-refractivity contribution is 5.99. The lowest BCUT2D eigenvalue weighted by atomic mass is 9.64. The number of aliphatic hydroxyl groups excluding tert-OH is 1. The SMILES string of the molecule is C=CCN(C)C(=O)[C@@H]1[C@H]2C(=O)N([C@@H](CO)[C@@H](C)CC)C(C(=O)N(CC=C)CCCC)C23CC[C@@]1(CC)O3. The van der Waals surface area contributed by atoms with Crippen LogP contribution in [-0.2, 0) is 19.1 Å². The predicted molar refractivity (Wildman–Crippen MR) is 144 cm³/mol. The Kier molecular flexibility index (Phi) is 9.27. The Morgan fingerprint density at radius 2 is 1.86 bits per heavy atom. The van der Waals surface area contributed by atoms with Gasteiger partial charge in [0.25, 0.3) is 0 Å². The van der Waals surface area contributed by atoms with Crippen molar-refractivity contribution in [2.45, 2.75) is 89.5 Å². The Morgan fingerprint density at radius 1 is 1.19 bits per heavy atom. The first-order valence-electron chi connectivity index (χ1n) is 14.0. The first kappa shape index (κ1) is 29.4. The molecule has 3 amide bonds. The van der Waals surface area contributed by atoms with Gasteiger partial charge < -0.3 is 24.5 Å². The summed E-state index contributed by atoms with van der Waals surface area (Å²) >= 11 is 0. The van der Waals surface area contributed by atoms with Crippen molar-refractivity contribution in [2.75, 3.05) is 33.3 Å². The summed E-state index contributed by atoms with van der Waals surface area (Å²) in [4.78, 5) is 47.6. The molecule has 3 fully saturated rings. The lowest BCUT2D eigenvalue weighted by Crippen LogP contribution is -2.60. The lowest BCUT2D eigenvalue weighted by Gasteiger charge is -2.41. The van der Waals surface area contributed by atoms with Gasteiger partial charge in [0.1, 0.15) is 11.6 Å². The molecule has 8 nitrogen and oxygen atoms in total. The third-order valence-electron chi connectivity index (χ3n) is 9.19. The third kappa shape index (κ3) is 4.65. The van der Waals surface area contributed by atoms with Gasteiger partial charge in [0.15, 0.2) is 0 Å². The van der Waals surface area contributed by atoms with E-state index in [0.717, 1.165) is 19.3 Å². The smallest absolute Gasteiger partial charge is 0.248 e. The molecule has 0 saturated carbocycles. The van der Waals surface area contributed by atoms with Crippen LogP contribution >= 0.6 is 0 Å². The van der Waals surface area contributed by atoms with Crippen LogP contribution < -0.4 is 0 Å². The number of hydrogen-bond acceptors (Lipinski definition) is 5. The fraction of sp³-hybridized carbons (Fsp3) is 0.759. The molecule has 0 aliphatic carbocycles. The molecule has 3 aliphatic heterocycles. The summed E-state index contributed by atoms with van der Waals surface area (Å²) in [5, 5.41) is 10.5. The highest BCUT2D eigenvalue weighted by Gasteiger charge is 2.79. The van der Waals surface area contributed by atoms with Crippen LogP contribution in [0.4, 0.5) is 0 Å². The summed E-state index contributed by atoms with van der Waals surface area (Å²) in [7, 11) is 1.72. The molecule has 0 aromatic carbocycles. The second kappa shape index (κ2) is 11.7. The Hall–Kier alpha value is -2.19. The number of carbonyl (C=O) groups excluding carboxylic acids is 3. The van der Waals surface area contributed by atoms with Crippen LogP contribution in [0.3, 0.4) is 0 Å². The average Bonchev–Trinajstić information content (AvgIpc) is 3.50. The third-order valence-corrected chi connectivity index (χ3v) is 9.19. The molecule has 2 unspecified atom stereocenters. The Labute approximate surface area is 222 Å². The number of ether oxygens (including phenoxy) is 1. The number of likely N-dealkylation sites (N-methyl/N-ethyl adjacent to an activating group) is 1. The molecular weight excluding hydrogens is 470 g/mol. The number of fused-ring (bicyclic) bond motifs is 1. The maximum Gasteiger partial charge on any atom is 0.248 e. The van der Waals surface area contributed by atoms with Crippen LogP contribution in [-0.4, -0.2) is 94.1 Å². The number of carbonyl (C=O) groups is 3. The number of unbranched alkanes of at least 4 members (excludes halogenated alkanes) is 1. The molecular formula is C29H47N3O5. The van der Waals surface area contributed by atoms with Gasteiger partial charge in [-0.15, -0.1) is 13.2 Å². The standard InChI is InChI=1S/C29H47N3O5/c1-8-13-18-31(17-10-3)27(36)24-29-15-14-28(12-5,37-29)22(25(34)30(7)16-9-2)23(29)26(35)32(24)21(19-33)20(6)11-4/h9-10,20-24,33H,2-3,8,11-19H2,1,4-7H3/t20-,21-,22-,23-,24?,28+,29?/m0/s1. The molecule has 0 aromatic heterocycles. The van der Waals surface area contributed by atoms with Crippen molar-refractivity contribution in [3.05, 3.63) is 25.3 Å². The highest BCUT2D eigenvalue weighted by Crippen LogP contribution is 2.65. The molecule has 1 N–H and O–H groups in total. The van der Waals surface area contributed by atoms with Gasteiger partial charge in [-0.25, -0.2) is 0 Å². The van der Waals surface area contributed by atoms with Gasteiger partial charge in [0, 0.05) is 26.7 Å². The molecule has 3 heterocycles. The monoisotopic (exact) mass is 517 g/mol. The molecule has 8 heteroatoms. The zero-order valence-corrected chi connectivity index (χ0v) is 23.4. The Bertz CT molecular complexity index is 893. The summed E-state index contributed by atoms with van der Waals surface area (Å²) in [6.45, 7) is 16.7. The summed E-state index contributed by atoms with van der Waals surface area (Å²) in [6, 6.07) is -1.42. The summed E-state index contributed by atoms with van der Waals surface area (Å²) in [6.07, 6.45) is 7.61. The average molecular weight is 518 g/mol. The molecule has 2 bridgehead atoms. The normalized spacial score (nSPS) is 31.7. The van der Waals surface area contributed by atoms with Crippen molar-refractivity contribution in [3.63, 3.8) is 0 Å². The van der Waals surface area contributed by atoms with E-state index >= 15 is 0 Å². The van der Waals surface area contributed by atoms with E-state index in [1.165, 1.54) is 0 Å². The molecule has 0 aromatic rings. The van der Waals surface area contributed by atoms with Crippen LogP contribution in [0, 0.1) is 17.8 Å². The molecule has 3 rings (SSSR count). The van der Waals surface area contributed by atoms with Crippen molar-refractivity contribution in [1.82, 2.24) is 14.7 Å². The first-order valence-corrected chi connectivity index (χ1v) is 14.0. The Balaban J connectivity index is 2.17. The summed E-state index contributed by atoms with van der Waals surface area (Å²) in [5.74, 6) is -2.03. The minimum atomic E-state index is -1.09. The minimum Gasteiger partial charge on any atom is -0.394 e. The molecule has 0 radical (unpaired) electrons. The zero-order chi connectivity index (χ0) is 27.5. The van der Waals surface area contributed by atoms with E-state index in [1.807, 2.05) is 20.8 Å². The number of aliphatic hydroxyl groups is 1. The molecule has 1 spiro atoms.